The molecule has 0 saturated heterocycles. The van der Waals surface area contributed by atoms with Gasteiger partial charge in [0.2, 0.25) is 5.82 Å². The Morgan fingerprint density at radius 2 is 2.14 bits per heavy atom. The Balaban J connectivity index is 2.02. The molecule has 2 atom stereocenters. The van der Waals surface area contributed by atoms with E-state index < -0.39 is 22.2 Å². The lowest BCUT2D eigenvalue weighted by atomic mass is 9.95. The minimum Gasteiger partial charge on any atom is -0.310 e. The van der Waals surface area contributed by atoms with E-state index in [4.69, 9.17) is 0 Å². The Kier molecular flexibility index (Phi) is 5.52. The van der Waals surface area contributed by atoms with Crippen molar-refractivity contribution >= 4 is 17.4 Å². The zero-order chi connectivity index (χ0) is 15.4. The fraction of sp³-hybridized carbons (Fsp3) is 0.571. The van der Waals surface area contributed by atoms with Crippen LogP contribution in [0.2, 0.25) is 0 Å². The highest BCUT2D eigenvalue weighted by Crippen LogP contribution is 2.27. The fourth-order valence-corrected chi connectivity index (χ4v) is 3.48. The average Bonchev–Trinajstić information content (AvgIpc) is 2.46. The molecule has 4 nitrogen and oxygen atoms in total. The first-order valence-electron chi connectivity index (χ1n) is 6.89. The van der Waals surface area contributed by atoms with Crippen LogP contribution in [0.4, 0.5) is 14.5 Å². The van der Waals surface area contributed by atoms with Gasteiger partial charge in [-0.25, -0.2) is 4.39 Å². The minimum atomic E-state index is -1.14. The SMILES string of the molecule is CSC1CCCC(NCc2cc([N+](=O)[O-])c(F)cc2F)C1. The van der Waals surface area contributed by atoms with Gasteiger partial charge in [0.05, 0.1) is 4.92 Å². The van der Waals surface area contributed by atoms with E-state index >= 15 is 0 Å². The number of nitrogens with zero attached hydrogens (tertiary/aromatic N) is 1. The molecule has 1 N–H and O–H groups in total. The molecule has 0 aliphatic heterocycles. The molecule has 1 saturated carbocycles. The van der Waals surface area contributed by atoms with Gasteiger partial charge in [0.25, 0.3) is 0 Å². The molecular formula is C14H18F2N2O2S. The highest BCUT2D eigenvalue weighted by atomic mass is 32.2. The van der Waals surface area contributed by atoms with E-state index in [0.29, 0.717) is 11.3 Å². The number of hydrogen-bond donors (Lipinski definition) is 1. The Hall–Kier alpha value is -1.21. The molecule has 7 heteroatoms. The van der Waals surface area contributed by atoms with E-state index in [0.717, 1.165) is 25.3 Å². The summed E-state index contributed by atoms with van der Waals surface area (Å²) in [5.74, 6) is -1.89. The summed E-state index contributed by atoms with van der Waals surface area (Å²) in [6, 6.07) is 1.84. The molecule has 0 bridgehead atoms. The van der Waals surface area contributed by atoms with Gasteiger partial charge in [-0.2, -0.15) is 16.2 Å². The molecule has 2 rings (SSSR count). The average molecular weight is 316 g/mol. The second-order valence-electron chi connectivity index (χ2n) is 5.25. The molecule has 1 aromatic carbocycles. The Bertz CT molecular complexity index is 528. The number of nitro groups is 1. The number of nitro benzene ring substituents is 1. The van der Waals surface area contributed by atoms with Crippen LogP contribution < -0.4 is 5.32 Å². The Morgan fingerprint density at radius 1 is 1.38 bits per heavy atom. The summed E-state index contributed by atoms with van der Waals surface area (Å²) in [5.41, 5.74) is -0.548. The molecular weight excluding hydrogens is 298 g/mol. The number of halogens is 2. The van der Waals surface area contributed by atoms with Gasteiger partial charge in [0.1, 0.15) is 5.82 Å². The van der Waals surface area contributed by atoms with Crippen molar-refractivity contribution in [3.63, 3.8) is 0 Å². The summed E-state index contributed by atoms with van der Waals surface area (Å²) < 4.78 is 27.0. The van der Waals surface area contributed by atoms with Gasteiger partial charge in [-0.1, -0.05) is 6.42 Å². The van der Waals surface area contributed by atoms with E-state index in [-0.39, 0.29) is 18.2 Å². The van der Waals surface area contributed by atoms with Crippen LogP contribution in [0.25, 0.3) is 0 Å². The van der Waals surface area contributed by atoms with Crippen LogP contribution in [0.5, 0.6) is 0 Å². The third kappa shape index (κ3) is 4.14. The lowest BCUT2D eigenvalue weighted by Gasteiger charge is -2.28. The molecule has 116 valence electrons. The van der Waals surface area contributed by atoms with Crippen molar-refractivity contribution < 1.29 is 13.7 Å². The maximum atomic E-state index is 13.7. The molecule has 21 heavy (non-hydrogen) atoms. The number of benzene rings is 1. The second-order valence-corrected chi connectivity index (χ2v) is 6.39. The van der Waals surface area contributed by atoms with Gasteiger partial charge in [-0.3, -0.25) is 10.1 Å². The second kappa shape index (κ2) is 7.17. The third-order valence-corrected chi connectivity index (χ3v) is 4.95. The third-order valence-electron chi connectivity index (χ3n) is 3.85. The molecule has 0 radical (unpaired) electrons. The van der Waals surface area contributed by atoms with Gasteiger partial charge in [0.15, 0.2) is 0 Å². The zero-order valence-electron chi connectivity index (χ0n) is 11.8. The number of rotatable bonds is 5. The summed E-state index contributed by atoms with van der Waals surface area (Å²) in [4.78, 5) is 9.86. The van der Waals surface area contributed by atoms with Crippen LogP contribution in [0, 0.1) is 21.7 Å². The van der Waals surface area contributed by atoms with Gasteiger partial charge >= 0.3 is 5.69 Å². The van der Waals surface area contributed by atoms with Crippen LogP contribution in [0.15, 0.2) is 12.1 Å². The first kappa shape index (κ1) is 16.2. The van der Waals surface area contributed by atoms with Crippen LogP contribution in [-0.4, -0.2) is 22.5 Å². The topological polar surface area (TPSA) is 55.2 Å². The van der Waals surface area contributed by atoms with Gasteiger partial charge in [0, 0.05) is 35.5 Å². The quantitative estimate of drug-likeness (QED) is 0.665. The first-order valence-corrected chi connectivity index (χ1v) is 8.18. The molecule has 1 fully saturated rings. The van der Waals surface area contributed by atoms with Crippen molar-refractivity contribution in [1.29, 1.82) is 0 Å². The lowest BCUT2D eigenvalue weighted by Crippen LogP contribution is -2.34. The summed E-state index contributed by atoms with van der Waals surface area (Å²) in [7, 11) is 0. The maximum Gasteiger partial charge on any atom is 0.305 e. The molecule has 0 spiro atoms. The molecule has 0 amide bonds. The van der Waals surface area contributed by atoms with Gasteiger partial charge < -0.3 is 5.32 Å². The first-order chi connectivity index (χ1) is 10.0. The summed E-state index contributed by atoms with van der Waals surface area (Å²) in [5, 5.41) is 14.5. The van der Waals surface area contributed by atoms with Crippen molar-refractivity contribution in [3.05, 3.63) is 39.4 Å². The summed E-state index contributed by atoms with van der Waals surface area (Å²) >= 11 is 1.83. The fourth-order valence-electron chi connectivity index (χ4n) is 2.65. The van der Waals surface area contributed by atoms with Crippen molar-refractivity contribution in [1.82, 2.24) is 5.32 Å². The van der Waals surface area contributed by atoms with Crippen LogP contribution in [0.3, 0.4) is 0 Å². The summed E-state index contributed by atoms with van der Waals surface area (Å²) in [6.45, 7) is 0.179. The molecule has 1 aromatic rings. The molecule has 1 aliphatic rings. The standard InChI is InChI=1S/C14H18F2N2O2S/c1-21-11-4-2-3-10(6-11)17-8-9-5-14(18(19)20)13(16)7-12(9)15/h5,7,10-11,17H,2-4,6,8H2,1H3. The van der Waals surface area contributed by atoms with Crippen molar-refractivity contribution in [2.24, 2.45) is 0 Å². The van der Waals surface area contributed by atoms with E-state index in [1.165, 1.54) is 6.42 Å². The van der Waals surface area contributed by atoms with Crippen molar-refractivity contribution in [2.75, 3.05) is 6.26 Å². The van der Waals surface area contributed by atoms with Crippen LogP contribution in [-0.2, 0) is 6.54 Å². The smallest absolute Gasteiger partial charge is 0.305 e. The predicted octanol–water partition coefficient (Wildman–Crippen LogP) is 3.64. The highest BCUT2D eigenvalue weighted by Gasteiger charge is 2.22. The van der Waals surface area contributed by atoms with Gasteiger partial charge in [-0.15, -0.1) is 0 Å². The summed E-state index contributed by atoms with van der Waals surface area (Å²) in [6.07, 6.45) is 6.41. The van der Waals surface area contributed by atoms with Crippen LogP contribution >= 0.6 is 11.8 Å². The monoisotopic (exact) mass is 316 g/mol. The molecule has 2 unspecified atom stereocenters. The largest absolute Gasteiger partial charge is 0.310 e. The molecule has 1 aliphatic carbocycles. The normalized spacial score (nSPS) is 22.2. The van der Waals surface area contributed by atoms with E-state index in [2.05, 4.69) is 11.6 Å². The molecule has 0 heterocycles. The lowest BCUT2D eigenvalue weighted by molar-refractivity contribution is -0.387. The van der Waals surface area contributed by atoms with Gasteiger partial charge in [-0.05, 0) is 25.5 Å². The van der Waals surface area contributed by atoms with E-state index in [1.54, 1.807) is 0 Å². The van der Waals surface area contributed by atoms with Crippen LogP contribution in [0.1, 0.15) is 31.2 Å². The minimum absolute atomic E-state index is 0.134. The number of hydrogen-bond acceptors (Lipinski definition) is 4. The maximum absolute atomic E-state index is 13.7. The zero-order valence-corrected chi connectivity index (χ0v) is 12.6. The van der Waals surface area contributed by atoms with E-state index in [1.807, 2.05) is 11.8 Å². The number of thioether (sulfide) groups is 1. The van der Waals surface area contributed by atoms with E-state index in [9.17, 15) is 18.9 Å². The Labute approximate surface area is 126 Å². The highest BCUT2D eigenvalue weighted by molar-refractivity contribution is 7.99. The van der Waals surface area contributed by atoms with Crippen molar-refractivity contribution in [3.8, 4) is 0 Å². The number of nitrogens with one attached hydrogen (secondary N) is 1. The van der Waals surface area contributed by atoms with Crippen molar-refractivity contribution in [2.45, 2.75) is 43.5 Å². The predicted molar refractivity (Wildman–Crippen MR) is 79.4 cm³/mol. The molecule has 0 aromatic heterocycles. The Morgan fingerprint density at radius 3 is 2.81 bits per heavy atom.